The summed E-state index contributed by atoms with van der Waals surface area (Å²) in [4.78, 5) is 13.2. The summed E-state index contributed by atoms with van der Waals surface area (Å²) in [5.41, 5.74) is 1.65. The van der Waals surface area contributed by atoms with E-state index >= 15 is 0 Å². The molecule has 124 valence electrons. The molecule has 1 aromatic heterocycles. The molecular weight excluding hydrogens is 302 g/mol. The Hall–Kier alpha value is -2.65. The minimum absolute atomic E-state index is 0.356. The van der Waals surface area contributed by atoms with Crippen molar-refractivity contribution < 1.29 is 4.74 Å². The molecule has 2 aromatic rings. The number of ether oxygens (including phenoxy) is 1. The van der Waals surface area contributed by atoms with E-state index in [0.717, 1.165) is 50.7 Å². The van der Waals surface area contributed by atoms with Crippen molar-refractivity contribution in [2.24, 2.45) is 0 Å². The van der Waals surface area contributed by atoms with Crippen LogP contribution in [-0.2, 0) is 6.54 Å². The molecule has 0 bridgehead atoms. The maximum atomic E-state index is 8.81. The second-order valence-electron chi connectivity index (χ2n) is 5.84. The quantitative estimate of drug-likeness (QED) is 0.858. The van der Waals surface area contributed by atoms with Crippen LogP contribution < -0.4 is 9.64 Å². The number of aromatic nitrogens is 2. The average molecular weight is 323 g/mol. The van der Waals surface area contributed by atoms with Crippen LogP contribution in [-0.4, -0.2) is 48.2 Å². The number of rotatable bonds is 4. The highest BCUT2D eigenvalue weighted by molar-refractivity contribution is 5.37. The minimum Gasteiger partial charge on any atom is -0.497 e. The largest absolute Gasteiger partial charge is 0.497 e. The van der Waals surface area contributed by atoms with Gasteiger partial charge in [-0.05, 0) is 24.1 Å². The highest BCUT2D eigenvalue weighted by Gasteiger charge is 2.16. The molecule has 3 rings (SSSR count). The molecule has 2 heterocycles. The Labute approximate surface area is 142 Å². The third-order valence-electron chi connectivity index (χ3n) is 4.23. The van der Waals surface area contributed by atoms with Gasteiger partial charge in [-0.25, -0.2) is 9.97 Å². The first kappa shape index (κ1) is 16.2. The zero-order valence-corrected chi connectivity index (χ0v) is 13.9. The fraction of sp³-hybridized carbons (Fsp3) is 0.389. The van der Waals surface area contributed by atoms with Gasteiger partial charge in [0.25, 0.3) is 0 Å². The molecule has 0 atom stereocenters. The monoisotopic (exact) mass is 323 g/mol. The van der Waals surface area contributed by atoms with Crippen LogP contribution >= 0.6 is 0 Å². The lowest BCUT2D eigenvalue weighted by atomic mass is 10.2. The number of nitriles is 1. The maximum Gasteiger partial charge on any atom is 0.158 e. The predicted molar refractivity (Wildman–Crippen MR) is 91.8 cm³/mol. The third-order valence-corrected chi connectivity index (χ3v) is 4.23. The summed E-state index contributed by atoms with van der Waals surface area (Å²) < 4.78 is 5.21. The van der Waals surface area contributed by atoms with E-state index in [2.05, 4.69) is 31.9 Å². The molecule has 24 heavy (non-hydrogen) atoms. The lowest BCUT2D eigenvalue weighted by Crippen LogP contribution is -2.31. The molecule has 0 amide bonds. The molecule has 6 nitrogen and oxygen atoms in total. The highest BCUT2D eigenvalue weighted by Crippen LogP contribution is 2.16. The van der Waals surface area contributed by atoms with Gasteiger partial charge in [0.2, 0.25) is 0 Å². The molecule has 0 saturated carbocycles. The van der Waals surface area contributed by atoms with Gasteiger partial charge in [0.05, 0.1) is 19.5 Å². The zero-order chi connectivity index (χ0) is 16.8. The van der Waals surface area contributed by atoms with Crippen molar-refractivity contribution in [3.63, 3.8) is 0 Å². The maximum absolute atomic E-state index is 8.81. The van der Waals surface area contributed by atoms with Gasteiger partial charge in [-0.1, -0.05) is 12.1 Å². The molecule has 0 radical (unpaired) electrons. The zero-order valence-electron chi connectivity index (χ0n) is 13.9. The number of benzene rings is 1. The lowest BCUT2D eigenvalue weighted by molar-refractivity contribution is 0.285. The summed E-state index contributed by atoms with van der Waals surface area (Å²) in [6.45, 7) is 4.85. The SMILES string of the molecule is COc1ccc(CN2CCCN(c3cnc(C#N)cn3)CC2)cc1. The Morgan fingerprint density at radius 2 is 1.92 bits per heavy atom. The fourth-order valence-electron chi connectivity index (χ4n) is 2.89. The van der Waals surface area contributed by atoms with Crippen LogP contribution in [0.1, 0.15) is 17.7 Å². The number of hydrogen-bond acceptors (Lipinski definition) is 6. The van der Waals surface area contributed by atoms with E-state index in [1.807, 2.05) is 18.2 Å². The van der Waals surface area contributed by atoms with Crippen LogP contribution in [0.2, 0.25) is 0 Å². The summed E-state index contributed by atoms with van der Waals surface area (Å²) in [6.07, 6.45) is 4.31. The van der Waals surface area contributed by atoms with E-state index in [0.29, 0.717) is 5.69 Å². The van der Waals surface area contributed by atoms with Crippen molar-refractivity contribution in [2.45, 2.75) is 13.0 Å². The fourth-order valence-corrected chi connectivity index (χ4v) is 2.89. The Bertz CT molecular complexity index is 693. The molecule has 1 aliphatic heterocycles. The van der Waals surface area contributed by atoms with Crippen molar-refractivity contribution >= 4 is 5.82 Å². The van der Waals surface area contributed by atoms with Crippen molar-refractivity contribution in [1.29, 1.82) is 5.26 Å². The minimum atomic E-state index is 0.356. The number of hydrogen-bond donors (Lipinski definition) is 0. The molecule has 0 spiro atoms. The molecule has 6 heteroatoms. The molecule has 0 unspecified atom stereocenters. The van der Waals surface area contributed by atoms with E-state index in [1.165, 1.54) is 11.8 Å². The van der Waals surface area contributed by atoms with Gasteiger partial charge in [0.15, 0.2) is 5.69 Å². The average Bonchev–Trinajstić information content (AvgIpc) is 2.88. The van der Waals surface area contributed by atoms with Gasteiger partial charge < -0.3 is 9.64 Å². The van der Waals surface area contributed by atoms with Crippen LogP contribution in [0.4, 0.5) is 5.82 Å². The van der Waals surface area contributed by atoms with Crippen LogP contribution in [0.3, 0.4) is 0 Å². The van der Waals surface area contributed by atoms with Crippen LogP contribution in [0.15, 0.2) is 36.7 Å². The van der Waals surface area contributed by atoms with Gasteiger partial charge in [-0.15, -0.1) is 0 Å². The second-order valence-corrected chi connectivity index (χ2v) is 5.84. The van der Waals surface area contributed by atoms with Crippen LogP contribution in [0.25, 0.3) is 0 Å². The standard InChI is InChI=1S/C18H21N5O/c1-24-17-5-3-15(4-6-17)14-22-7-2-8-23(10-9-22)18-13-20-16(11-19)12-21-18/h3-6,12-13H,2,7-10,14H2,1H3. The van der Waals surface area contributed by atoms with Crippen molar-refractivity contribution in [1.82, 2.24) is 14.9 Å². The second kappa shape index (κ2) is 7.75. The number of nitrogens with zero attached hydrogens (tertiary/aromatic N) is 5. The van der Waals surface area contributed by atoms with Crippen LogP contribution in [0.5, 0.6) is 5.75 Å². The smallest absolute Gasteiger partial charge is 0.158 e. The third kappa shape index (κ3) is 4.00. The van der Waals surface area contributed by atoms with Gasteiger partial charge in [0.1, 0.15) is 17.6 Å². The summed E-state index contributed by atoms with van der Waals surface area (Å²) in [5.74, 6) is 1.74. The van der Waals surface area contributed by atoms with E-state index in [9.17, 15) is 0 Å². The first-order valence-corrected chi connectivity index (χ1v) is 8.11. The van der Waals surface area contributed by atoms with Crippen molar-refractivity contribution in [2.75, 3.05) is 38.2 Å². The molecule has 1 saturated heterocycles. The summed E-state index contributed by atoms with van der Waals surface area (Å²) >= 11 is 0. The van der Waals surface area contributed by atoms with Crippen LogP contribution in [0, 0.1) is 11.3 Å². The van der Waals surface area contributed by atoms with E-state index in [4.69, 9.17) is 10.00 Å². The molecule has 1 aliphatic rings. The molecular formula is C18H21N5O. The topological polar surface area (TPSA) is 65.3 Å². The van der Waals surface area contributed by atoms with Gasteiger partial charge in [-0.2, -0.15) is 5.26 Å². The van der Waals surface area contributed by atoms with E-state index in [-0.39, 0.29) is 0 Å². The Balaban J connectivity index is 1.58. The summed E-state index contributed by atoms with van der Waals surface area (Å²) in [5, 5.41) is 8.81. The van der Waals surface area contributed by atoms with Gasteiger partial charge >= 0.3 is 0 Å². The molecule has 1 fully saturated rings. The molecule has 0 aliphatic carbocycles. The summed E-state index contributed by atoms with van der Waals surface area (Å²) in [6, 6.07) is 10.3. The normalized spacial score (nSPS) is 15.6. The molecule has 0 N–H and O–H groups in total. The number of anilines is 1. The Morgan fingerprint density at radius 3 is 2.58 bits per heavy atom. The first-order valence-electron chi connectivity index (χ1n) is 8.11. The summed E-state index contributed by atoms with van der Waals surface area (Å²) in [7, 11) is 1.68. The Morgan fingerprint density at radius 1 is 1.08 bits per heavy atom. The van der Waals surface area contributed by atoms with Crippen molar-refractivity contribution in [3.8, 4) is 11.8 Å². The Kier molecular flexibility index (Phi) is 5.24. The number of methoxy groups -OCH3 is 1. The highest BCUT2D eigenvalue weighted by atomic mass is 16.5. The van der Waals surface area contributed by atoms with Gasteiger partial charge in [-0.3, -0.25) is 4.90 Å². The molecule has 1 aromatic carbocycles. The van der Waals surface area contributed by atoms with E-state index in [1.54, 1.807) is 13.3 Å². The first-order chi connectivity index (χ1) is 11.8. The predicted octanol–water partition coefficient (Wildman–Crippen LogP) is 2.07. The van der Waals surface area contributed by atoms with E-state index < -0.39 is 0 Å². The van der Waals surface area contributed by atoms with Gasteiger partial charge in [0, 0.05) is 32.7 Å². The lowest BCUT2D eigenvalue weighted by Gasteiger charge is -2.22. The van der Waals surface area contributed by atoms with Crippen molar-refractivity contribution in [3.05, 3.63) is 47.9 Å².